The van der Waals surface area contributed by atoms with Gasteiger partial charge in [-0.1, -0.05) is 0 Å². The highest BCUT2D eigenvalue weighted by Crippen LogP contribution is 2.24. The van der Waals surface area contributed by atoms with E-state index in [-0.39, 0.29) is 12.4 Å². The Morgan fingerprint density at radius 3 is 3.00 bits per heavy atom. The van der Waals surface area contributed by atoms with Crippen LogP contribution in [0.15, 0.2) is 0 Å². The first-order chi connectivity index (χ1) is 4.86. The van der Waals surface area contributed by atoms with Crippen LogP contribution in [0.5, 0.6) is 0 Å². The Bertz CT molecular complexity index is 160. The highest BCUT2D eigenvalue weighted by molar-refractivity contribution is 5.85. The maximum atomic E-state index is 11.0. The summed E-state index contributed by atoms with van der Waals surface area (Å²) in [5.74, 6) is 0.475. The Morgan fingerprint density at radius 1 is 1.36 bits per heavy atom. The first-order valence-corrected chi connectivity index (χ1v) is 4.12. The average molecular weight is 176 g/mol. The van der Waals surface area contributed by atoms with Gasteiger partial charge in [0.25, 0.3) is 0 Å². The predicted molar refractivity (Wildman–Crippen MR) is 46.1 cm³/mol. The maximum Gasteiger partial charge on any atom is 0.135 e. The van der Waals surface area contributed by atoms with E-state index in [1.165, 1.54) is 19.4 Å². The van der Waals surface area contributed by atoms with Crippen LogP contribution in [0.4, 0.5) is 0 Å². The van der Waals surface area contributed by atoms with Gasteiger partial charge in [-0.3, -0.25) is 9.69 Å². The van der Waals surface area contributed by atoms with Crippen molar-refractivity contribution >= 4 is 18.2 Å². The van der Waals surface area contributed by atoms with Gasteiger partial charge < -0.3 is 0 Å². The van der Waals surface area contributed by atoms with E-state index in [9.17, 15) is 4.79 Å². The molecule has 0 aromatic carbocycles. The topological polar surface area (TPSA) is 20.3 Å². The Labute approximate surface area is 73.4 Å². The van der Waals surface area contributed by atoms with Crippen LogP contribution in [-0.2, 0) is 4.79 Å². The lowest BCUT2D eigenvalue weighted by Gasteiger charge is -2.27. The van der Waals surface area contributed by atoms with Gasteiger partial charge in [0.15, 0.2) is 0 Å². The van der Waals surface area contributed by atoms with Crippen molar-refractivity contribution in [3.8, 4) is 0 Å². The Morgan fingerprint density at radius 2 is 2.18 bits per heavy atom. The van der Waals surface area contributed by atoms with Crippen LogP contribution >= 0.6 is 12.4 Å². The Kier molecular flexibility index (Phi) is 2.90. The molecule has 11 heavy (non-hydrogen) atoms. The number of nitrogens with zero attached hydrogens (tertiary/aromatic N) is 1. The molecule has 2 aliphatic rings. The number of fused-ring (bicyclic) bond motifs is 1. The summed E-state index contributed by atoms with van der Waals surface area (Å²) in [6.45, 7) is 2.27. The monoisotopic (exact) mass is 175 g/mol. The molecule has 2 saturated heterocycles. The summed E-state index contributed by atoms with van der Waals surface area (Å²) in [7, 11) is 0. The normalized spacial score (nSPS) is 31.3. The molecule has 3 heteroatoms. The predicted octanol–water partition coefficient (Wildman–Crippen LogP) is 1.24. The summed E-state index contributed by atoms with van der Waals surface area (Å²) in [5.41, 5.74) is 0. The van der Waals surface area contributed by atoms with Gasteiger partial charge in [0.2, 0.25) is 0 Å². The molecule has 2 rings (SSSR count). The number of halogens is 1. The SMILES string of the molecule is Cl.O=C1CCN2CCCC2C1. The number of hydrogen-bond donors (Lipinski definition) is 0. The smallest absolute Gasteiger partial charge is 0.135 e. The van der Waals surface area contributed by atoms with E-state index in [0.29, 0.717) is 11.8 Å². The van der Waals surface area contributed by atoms with Crippen molar-refractivity contribution in [2.45, 2.75) is 31.7 Å². The zero-order valence-corrected chi connectivity index (χ0v) is 7.40. The van der Waals surface area contributed by atoms with Gasteiger partial charge in [0.05, 0.1) is 0 Å². The van der Waals surface area contributed by atoms with Crippen LogP contribution in [0, 0.1) is 0 Å². The lowest BCUT2D eigenvalue weighted by atomic mass is 10.0. The van der Waals surface area contributed by atoms with Crippen LogP contribution in [0.3, 0.4) is 0 Å². The zero-order valence-electron chi connectivity index (χ0n) is 6.58. The second-order valence-electron chi connectivity index (χ2n) is 3.32. The summed E-state index contributed by atoms with van der Waals surface area (Å²) in [6, 6.07) is 0.626. The highest BCUT2D eigenvalue weighted by atomic mass is 35.5. The minimum Gasteiger partial charge on any atom is -0.300 e. The summed E-state index contributed by atoms with van der Waals surface area (Å²) in [5, 5.41) is 0. The standard InChI is InChI=1S/C8H13NO.ClH/c10-8-3-5-9-4-1-2-7(9)6-8;/h7H,1-6H2;1H. The fourth-order valence-electron chi connectivity index (χ4n) is 2.05. The van der Waals surface area contributed by atoms with Crippen LogP contribution in [0.2, 0.25) is 0 Å². The van der Waals surface area contributed by atoms with E-state index in [2.05, 4.69) is 4.90 Å². The number of piperidine rings is 1. The summed E-state index contributed by atoms with van der Waals surface area (Å²) < 4.78 is 0. The van der Waals surface area contributed by atoms with Crippen LogP contribution in [0.25, 0.3) is 0 Å². The lowest BCUT2D eigenvalue weighted by molar-refractivity contribution is -0.122. The molecule has 1 unspecified atom stereocenters. The molecule has 0 N–H and O–H groups in total. The summed E-state index contributed by atoms with van der Waals surface area (Å²) in [6.07, 6.45) is 4.19. The molecule has 0 spiro atoms. The summed E-state index contributed by atoms with van der Waals surface area (Å²) in [4.78, 5) is 13.4. The molecule has 0 aromatic heterocycles. The fourth-order valence-corrected chi connectivity index (χ4v) is 2.05. The van der Waals surface area contributed by atoms with Gasteiger partial charge in [-0.05, 0) is 19.4 Å². The lowest BCUT2D eigenvalue weighted by Crippen LogP contribution is -2.37. The summed E-state index contributed by atoms with van der Waals surface area (Å²) >= 11 is 0. The molecule has 1 atom stereocenters. The molecule has 2 aliphatic heterocycles. The molecular weight excluding hydrogens is 162 g/mol. The third-order valence-corrected chi connectivity index (χ3v) is 2.64. The van der Waals surface area contributed by atoms with Crippen molar-refractivity contribution in [2.24, 2.45) is 0 Å². The number of carbonyl (C=O) groups is 1. The molecule has 0 aromatic rings. The van der Waals surface area contributed by atoms with Gasteiger partial charge in [0.1, 0.15) is 5.78 Å². The molecule has 0 aliphatic carbocycles. The van der Waals surface area contributed by atoms with E-state index in [1.807, 2.05) is 0 Å². The third kappa shape index (κ3) is 1.74. The Hall–Kier alpha value is -0.0800. The van der Waals surface area contributed by atoms with Gasteiger partial charge in [0, 0.05) is 25.4 Å². The molecular formula is C8H14ClNO. The minimum atomic E-state index is 0. The molecule has 0 bridgehead atoms. The van der Waals surface area contributed by atoms with Crippen LogP contribution in [-0.4, -0.2) is 29.8 Å². The van der Waals surface area contributed by atoms with Crippen LogP contribution in [0.1, 0.15) is 25.7 Å². The number of rotatable bonds is 0. The van der Waals surface area contributed by atoms with Gasteiger partial charge in [-0.25, -0.2) is 0 Å². The van der Waals surface area contributed by atoms with E-state index < -0.39 is 0 Å². The average Bonchev–Trinajstić information content (AvgIpc) is 2.33. The van der Waals surface area contributed by atoms with Crippen LogP contribution < -0.4 is 0 Å². The third-order valence-electron chi connectivity index (χ3n) is 2.64. The number of hydrogen-bond acceptors (Lipinski definition) is 2. The van der Waals surface area contributed by atoms with Crippen molar-refractivity contribution < 1.29 is 4.79 Å². The molecule has 2 fully saturated rings. The van der Waals surface area contributed by atoms with Crippen molar-refractivity contribution in [3.63, 3.8) is 0 Å². The minimum absolute atomic E-state index is 0. The van der Waals surface area contributed by atoms with E-state index in [1.54, 1.807) is 0 Å². The van der Waals surface area contributed by atoms with Gasteiger partial charge >= 0.3 is 0 Å². The van der Waals surface area contributed by atoms with E-state index in [0.717, 1.165) is 19.4 Å². The second-order valence-corrected chi connectivity index (χ2v) is 3.32. The first kappa shape index (κ1) is 9.01. The van der Waals surface area contributed by atoms with Crippen molar-refractivity contribution in [1.82, 2.24) is 4.90 Å². The maximum absolute atomic E-state index is 11.0. The number of Topliss-reactive ketones (excluding diaryl/α,β-unsaturated/α-hetero) is 1. The quantitative estimate of drug-likeness (QED) is 0.552. The number of carbonyl (C=O) groups excluding carboxylic acids is 1. The zero-order chi connectivity index (χ0) is 6.97. The molecule has 2 nitrogen and oxygen atoms in total. The number of ketones is 1. The van der Waals surface area contributed by atoms with Gasteiger partial charge in [-0.2, -0.15) is 0 Å². The van der Waals surface area contributed by atoms with Crippen molar-refractivity contribution in [3.05, 3.63) is 0 Å². The van der Waals surface area contributed by atoms with Crippen molar-refractivity contribution in [1.29, 1.82) is 0 Å². The first-order valence-electron chi connectivity index (χ1n) is 4.12. The van der Waals surface area contributed by atoms with E-state index in [4.69, 9.17) is 0 Å². The molecule has 0 radical (unpaired) electrons. The van der Waals surface area contributed by atoms with E-state index >= 15 is 0 Å². The molecule has 0 amide bonds. The highest BCUT2D eigenvalue weighted by Gasteiger charge is 2.30. The Balaban J connectivity index is 0.000000605. The fraction of sp³-hybridized carbons (Fsp3) is 0.875. The largest absolute Gasteiger partial charge is 0.300 e. The molecule has 2 heterocycles. The molecule has 0 saturated carbocycles. The molecule has 64 valence electrons. The van der Waals surface area contributed by atoms with Crippen molar-refractivity contribution in [2.75, 3.05) is 13.1 Å². The van der Waals surface area contributed by atoms with Gasteiger partial charge in [-0.15, -0.1) is 12.4 Å². The second kappa shape index (κ2) is 3.55.